The van der Waals surface area contributed by atoms with Gasteiger partial charge in [0.1, 0.15) is 0 Å². The zero-order valence-corrected chi connectivity index (χ0v) is 11.3. The number of amides is 1. The summed E-state index contributed by atoms with van der Waals surface area (Å²) < 4.78 is 1.05. The topological polar surface area (TPSA) is 41.1 Å². The van der Waals surface area contributed by atoms with Crippen LogP contribution in [-0.2, 0) is 4.79 Å². The molecule has 3 nitrogen and oxygen atoms in total. The quantitative estimate of drug-likeness (QED) is 0.890. The molecule has 0 aromatic heterocycles. The highest BCUT2D eigenvalue weighted by Crippen LogP contribution is 2.18. The number of halogens is 1. The Balaban J connectivity index is 2.65. The molecular weight excluding hydrogens is 268 g/mol. The van der Waals surface area contributed by atoms with Gasteiger partial charge in [-0.2, -0.15) is 0 Å². The van der Waals surface area contributed by atoms with Crippen molar-refractivity contribution in [3.8, 4) is 0 Å². The standard InChI is InChI=1S/C12H17BrN2O/c1-8(15-9(2)12(16)14-3)10-5-4-6-11(13)7-10/h4-9,15H,1-3H3,(H,14,16)/t8-,9?/m0/s1. The summed E-state index contributed by atoms with van der Waals surface area (Å²) in [4.78, 5) is 11.4. The summed E-state index contributed by atoms with van der Waals surface area (Å²) in [5.41, 5.74) is 1.16. The molecule has 0 saturated heterocycles. The predicted molar refractivity (Wildman–Crippen MR) is 69.2 cm³/mol. The van der Waals surface area contributed by atoms with E-state index in [0.29, 0.717) is 0 Å². The summed E-state index contributed by atoms with van der Waals surface area (Å²) in [6.45, 7) is 3.90. The van der Waals surface area contributed by atoms with E-state index in [9.17, 15) is 4.79 Å². The first-order chi connectivity index (χ1) is 7.54. The fourth-order valence-electron chi connectivity index (χ4n) is 1.54. The summed E-state index contributed by atoms with van der Waals surface area (Å²) in [7, 11) is 1.64. The maximum absolute atomic E-state index is 11.4. The van der Waals surface area contributed by atoms with Gasteiger partial charge in [0.15, 0.2) is 0 Å². The zero-order valence-electron chi connectivity index (χ0n) is 9.75. The lowest BCUT2D eigenvalue weighted by atomic mass is 10.1. The van der Waals surface area contributed by atoms with E-state index in [2.05, 4.69) is 26.6 Å². The lowest BCUT2D eigenvalue weighted by molar-refractivity contribution is -0.122. The molecule has 0 spiro atoms. The van der Waals surface area contributed by atoms with Crippen LogP contribution in [-0.4, -0.2) is 19.0 Å². The smallest absolute Gasteiger partial charge is 0.236 e. The summed E-state index contributed by atoms with van der Waals surface area (Å²) in [5, 5.41) is 5.86. The van der Waals surface area contributed by atoms with Crippen molar-refractivity contribution >= 4 is 21.8 Å². The highest BCUT2D eigenvalue weighted by Gasteiger charge is 2.14. The minimum Gasteiger partial charge on any atom is -0.358 e. The highest BCUT2D eigenvalue weighted by atomic mass is 79.9. The second-order valence-electron chi connectivity index (χ2n) is 3.78. The van der Waals surface area contributed by atoms with Crippen molar-refractivity contribution in [3.05, 3.63) is 34.3 Å². The Morgan fingerprint density at radius 1 is 1.38 bits per heavy atom. The van der Waals surface area contributed by atoms with Crippen LogP contribution in [0.1, 0.15) is 25.5 Å². The number of carbonyl (C=O) groups is 1. The number of benzene rings is 1. The molecule has 0 fully saturated rings. The largest absolute Gasteiger partial charge is 0.358 e. The fourth-order valence-corrected chi connectivity index (χ4v) is 1.96. The normalized spacial score (nSPS) is 14.2. The predicted octanol–water partition coefficient (Wildman–Crippen LogP) is 2.23. The SMILES string of the molecule is CNC(=O)C(C)N[C@@H](C)c1cccc(Br)c1. The van der Waals surface area contributed by atoms with Crippen LogP contribution >= 0.6 is 15.9 Å². The van der Waals surface area contributed by atoms with Crippen LogP contribution < -0.4 is 10.6 Å². The molecule has 1 aromatic carbocycles. The molecule has 0 aliphatic heterocycles. The Bertz CT molecular complexity index is 368. The van der Waals surface area contributed by atoms with Gasteiger partial charge in [-0.25, -0.2) is 0 Å². The van der Waals surface area contributed by atoms with E-state index >= 15 is 0 Å². The third-order valence-electron chi connectivity index (χ3n) is 2.49. The Kier molecular flexibility index (Phi) is 4.96. The molecule has 0 saturated carbocycles. The number of nitrogens with one attached hydrogen (secondary N) is 2. The van der Waals surface area contributed by atoms with Gasteiger partial charge in [-0.3, -0.25) is 10.1 Å². The monoisotopic (exact) mass is 284 g/mol. The lowest BCUT2D eigenvalue weighted by Crippen LogP contribution is -2.41. The van der Waals surface area contributed by atoms with Gasteiger partial charge in [0, 0.05) is 17.6 Å². The molecule has 2 atom stereocenters. The Hall–Kier alpha value is -0.870. The molecule has 0 radical (unpaired) electrons. The number of hydrogen-bond donors (Lipinski definition) is 2. The van der Waals surface area contributed by atoms with E-state index in [4.69, 9.17) is 0 Å². The van der Waals surface area contributed by atoms with Crippen molar-refractivity contribution in [2.75, 3.05) is 7.05 Å². The van der Waals surface area contributed by atoms with Crippen molar-refractivity contribution in [1.29, 1.82) is 0 Å². The van der Waals surface area contributed by atoms with Crippen LogP contribution in [0.3, 0.4) is 0 Å². The third-order valence-corrected chi connectivity index (χ3v) is 2.98. The van der Waals surface area contributed by atoms with Gasteiger partial charge in [0.25, 0.3) is 0 Å². The van der Waals surface area contributed by atoms with E-state index < -0.39 is 0 Å². The van der Waals surface area contributed by atoms with E-state index in [1.54, 1.807) is 7.05 Å². The van der Waals surface area contributed by atoms with Crippen molar-refractivity contribution in [2.24, 2.45) is 0 Å². The number of hydrogen-bond acceptors (Lipinski definition) is 2. The first-order valence-corrected chi connectivity index (χ1v) is 6.07. The molecule has 0 aliphatic rings. The molecular formula is C12H17BrN2O. The van der Waals surface area contributed by atoms with Crippen LogP contribution in [0, 0.1) is 0 Å². The second kappa shape index (κ2) is 6.01. The van der Waals surface area contributed by atoms with Gasteiger partial charge >= 0.3 is 0 Å². The molecule has 16 heavy (non-hydrogen) atoms. The first-order valence-electron chi connectivity index (χ1n) is 5.27. The molecule has 0 bridgehead atoms. The molecule has 4 heteroatoms. The number of likely N-dealkylation sites (N-methyl/N-ethyl adjacent to an activating group) is 1. The van der Waals surface area contributed by atoms with Gasteiger partial charge in [0.2, 0.25) is 5.91 Å². The van der Waals surface area contributed by atoms with Crippen molar-refractivity contribution < 1.29 is 4.79 Å². The van der Waals surface area contributed by atoms with Crippen LogP contribution in [0.4, 0.5) is 0 Å². The molecule has 1 aromatic rings. The Morgan fingerprint density at radius 2 is 2.06 bits per heavy atom. The molecule has 1 rings (SSSR count). The van der Waals surface area contributed by atoms with E-state index in [-0.39, 0.29) is 18.0 Å². The number of rotatable bonds is 4. The summed E-state index contributed by atoms with van der Waals surface area (Å²) in [6.07, 6.45) is 0. The van der Waals surface area contributed by atoms with E-state index in [1.807, 2.05) is 38.1 Å². The minimum absolute atomic E-state index is 0.00171. The van der Waals surface area contributed by atoms with E-state index in [1.165, 1.54) is 0 Å². The molecule has 88 valence electrons. The van der Waals surface area contributed by atoms with Crippen molar-refractivity contribution in [3.63, 3.8) is 0 Å². The maximum Gasteiger partial charge on any atom is 0.236 e. The van der Waals surface area contributed by atoms with Crippen LogP contribution in [0.5, 0.6) is 0 Å². The Labute approximate surface area is 105 Å². The molecule has 1 amide bonds. The van der Waals surface area contributed by atoms with Crippen LogP contribution in [0.25, 0.3) is 0 Å². The maximum atomic E-state index is 11.4. The zero-order chi connectivity index (χ0) is 12.1. The third kappa shape index (κ3) is 3.61. The lowest BCUT2D eigenvalue weighted by Gasteiger charge is -2.19. The average molecular weight is 285 g/mol. The molecule has 2 N–H and O–H groups in total. The van der Waals surface area contributed by atoms with Crippen molar-refractivity contribution in [2.45, 2.75) is 25.9 Å². The number of carbonyl (C=O) groups excluding carboxylic acids is 1. The average Bonchev–Trinajstić information content (AvgIpc) is 2.27. The first kappa shape index (κ1) is 13.2. The van der Waals surface area contributed by atoms with E-state index in [0.717, 1.165) is 10.0 Å². The summed E-state index contributed by atoms with van der Waals surface area (Å²) in [6, 6.07) is 8.01. The molecule has 1 unspecified atom stereocenters. The minimum atomic E-state index is -0.195. The fraction of sp³-hybridized carbons (Fsp3) is 0.417. The second-order valence-corrected chi connectivity index (χ2v) is 4.69. The van der Waals surface area contributed by atoms with Gasteiger partial charge < -0.3 is 5.32 Å². The van der Waals surface area contributed by atoms with Crippen LogP contribution in [0.2, 0.25) is 0 Å². The summed E-state index contributed by atoms with van der Waals surface area (Å²) in [5.74, 6) is 0.00171. The van der Waals surface area contributed by atoms with Crippen molar-refractivity contribution in [1.82, 2.24) is 10.6 Å². The molecule has 0 aliphatic carbocycles. The van der Waals surface area contributed by atoms with Gasteiger partial charge in [-0.1, -0.05) is 28.1 Å². The van der Waals surface area contributed by atoms with Crippen LogP contribution in [0.15, 0.2) is 28.7 Å². The summed E-state index contributed by atoms with van der Waals surface area (Å²) >= 11 is 3.43. The van der Waals surface area contributed by atoms with Gasteiger partial charge in [-0.05, 0) is 31.5 Å². The van der Waals surface area contributed by atoms with Gasteiger partial charge in [-0.15, -0.1) is 0 Å². The van der Waals surface area contributed by atoms with Gasteiger partial charge in [0.05, 0.1) is 6.04 Å². The Morgan fingerprint density at radius 3 is 2.62 bits per heavy atom. The molecule has 0 heterocycles. The highest BCUT2D eigenvalue weighted by molar-refractivity contribution is 9.10.